The number of esters is 1. The lowest BCUT2D eigenvalue weighted by atomic mass is 10.2. The zero-order chi connectivity index (χ0) is 20.5. The molecule has 0 aliphatic carbocycles. The molecular formula is C22H20N2O4S. The van der Waals surface area contributed by atoms with Gasteiger partial charge in [-0.3, -0.25) is 9.98 Å². The van der Waals surface area contributed by atoms with Gasteiger partial charge in [0.15, 0.2) is 0 Å². The van der Waals surface area contributed by atoms with Gasteiger partial charge >= 0.3 is 5.97 Å². The molecule has 0 aliphatic rings. The first kappa shape index (κ1) is 20.6. The van der Waals surface area contributed by atoms with E-state index >= 15 is 0 Å². The fourth-order valence-electron chi connectivity index (χ4n) is 2.39. The molecule has 0 aliphatic heterocycles. The van der Waals surface area contributed by atoms with Crippen molar-refractivity contribution < 1.29 is 19.3 Å². The standard InChI is InChI=1S/C22H20N2O4S/c1-26-22(25)17-5-9-19(10-6-17)24-14-21-12-11-20(29-21)13-23-18-7-3-16(4-8-18)15-28-27-2/h3-14H,15H2,1-2H3. The predicted molar refractivity (Wildman–Crippen MR) is 115 cm³/mol. The van der Waals surface area contributed by atoms with Crippen molar-refractivity contribution in [2.24, 2.45) is 9.98 Å². The van der Waals surface area contributed by atoms with E-state index < -0.39 is 0 Å². The monoisotopic (exact) mass is 408 g/mol. The summed E-state index contributed by atoms with van der Waals surface area (Å²) in [5, 5.41) is 0. The largest absolute Gasteiger partial charge is 0.465 e. The number of methoxy groups -OCH3 is 1. The minimum absolute atomic E-state index is 0.360. The van der Waals surface area contributed by atoms with E-state index in [1.807, 2.05) is 42.6 Å². The number of aliphatic imine (C=N–C) groups is 2. The normalized spacial score (nSPS) is 11.4. The predicted octanol–water partition coefficient (Wildman–Crippen LogP) is 5.11. The van der Waals surface area contributed by atoms with Crippen LogP contribution in [0.15, 0.2) is 70.6 Å². The topological polar surface area (TPSA) is 69.5 Å². The molecule has 0 atom stereocenters. The Hall–Kier alpha value is -3.13. The van der Waals surface area contributed by atoms with Crippen LogP contribution in [0.2, 0.25) is 0 Å². The zero-order valence-electron chi connectivity index (χ0n) is 16.1. The third kappa shape index (κ3) is 6.18. The SMILES string of the molecule is COOCc1ccc(N=Cc2ccc(C=Nc3ccc(C(=O)OC)cc3)s2)cc1. The number of hydrogen-bond acceptors (Lipinski definition) is 7. The second kappa shape index (κ2) is 10.4. The van der Waals surface area contributed by atoms with Crippen molar-refractivity contribution in [2.75, 3.05) is 14.2 Å². The molecule has 6 nitrogen and oxygen atoms in total. The van der Waals surface area contributed by atoms with Crippen LogP contribution in [0.4, 0.5) is 11.4 Å². The Kier molecular flexibility index (Phi) is 7.40. The lowest BCUT2D eigenvalue weighted by Crippen LogP contribution is -1.99. The van der Waals surface area contributed by atoms with Gasteiger partial charge in [0.2, 0.25) is 0 Å². The van der Waals surface area contributed by atoms with Gasteiger partial charge in [0, 0.05) is 22.2 Å². The first-order valence-corrected chi connectivity index (χ1v) is 9.60. The van der Waals surface area contributed by atoms with Gasteiger partial charge < -0.3 is 4.74 Å². The number of nitrogens with zero attached hydrogens (tertiary/aromatic N) is 2. The molecule has 0 bridgehead atoms. The summed E-state index contributed by atoms with van der Waals surface area (Å²) in [4.78, 5) is 31.9. The van der Waals surface area contributed by atoms with Crippen LogP contribution in [-0.4, -0.2) is 32.6 Å². The number of carbonyl (C=O) groups excluding carboxylic acids is 1. The molecule has 29 heavy (non-hydrogen) atoms. The molecule has 0 N–H and O–H groups in total. The summed E-state index contributed by atoms with van der Waals surface area (Å²) in [5.74, 6) is -0.360. The van der Waals surface area contributed by atoms with Crippen LogP contribution >= 0.6 is 11.3 Å². The van der Waals surface area contributed by atoms with Gasteiger partial charge in [0.25, 0.3) is 0 Å². The molecule has 1 heterocycles. The summed E-state index contributed by atoms with van der Waals surface area (Å²) < 4.78 is 4.69. The average molecular weight is 408 g/mol. The molecule has 148 valence electrons. The number of rotatable bonds is 8. The molecule has 3 rings (SSSR count). The van der Waals surface area contributed by atoms with Crippen molar-refractivity contribution >= 4 is 41.1 Å². The molecule has 0 saturated heterocycles. The highest BCUT2D eigenvalue weighted by atomic mass is 32.1. The number of hydrogen-bond donors (Lipinski definition) is 0. The Labute approximate surface area is 173 Å². The fraction of sp³-hybridized carbons (Fsp3) is 0.136. The van der Waals surface area contributed by atoms with Gasteiger partial charge in [-0.2, -0.15) is 0 Å². The van der Waals surface area contributed by atoms with Crippen LogP contribution in [0.3, 0.4) is 0 Å². The molecule has 0 saturated carbocycles. The highest BCUT2D eigenvalue weighted by Gasteiger charge is 2.03. The van der Waals surface area contributed by atoms with E-state index in [2.05, 4.69) is 19.6 Å². The van der Waals surface area contributed by atoms with Crippen LogP contribution in [0.1, 0.15) is 25.7 Å². The van der Waals surface area contributed by atoms with E-state index in [0.717, 1.165) is 26.7 Å². The van der Waals surface area contributed by atoms with Crippen LogP contribution in [0, 0.1) is 0 Å². The van der Waals surface area contributed by atoms with Gasteiger partial charge in [-0.15, -0.1) is 11.3 Å². The second-order valence-corrected chi connectivity index (χ2v) is 7.04. The first-order valence-electron chi connectivity index (χ1n) is 8.79. The van der Waals surface area contributed by atoms with Crippen molar-refractivity contribution in [3.63, 3.8) is 0 Å². The number of thiophene rings is 1. The molecular weight excluding hydrogens is 388 g/mol. The van der Waals surface area contributed by atoms with E-state index in [4.69, 9.17) is 4.89 Å². The van der Waals surface area contributed by atoms with Crippen LogP contribution in [0.25, 0.3) is 0 Å². The minimum atomic E-state index is -0.360. The molecule has 0 spiro atoms. The maximum Gasteiger partial charge on any atom is 0.337 e. The molecule has 0 fully saturated rings. The maximum absolute atomic E-state index is 11.4. The van der Waals surface area contributed by atoms with Crippen molar-refractivity contribution in [3.05, 3.63) is 81.5 Å². The van der Waals surface area contributed by atoms with Gasteiger partial charge in [-0.25, -0.2) is 14.6 Å². The van der Waals surface area contributed by atoms with Crippen LogP contribution in [-0.2, 0) is 21.1 Å². The molecule has 0 amide bonds. The summed E-state index contributed by atoms with van der Waals surface area (Å²) in [6.45, 7) is 0.402. The average Bonchev–Trinajstić information content (AvgIpc) is 3.23. The molecule has 0 unspecified atom stereocenters. The van der Waals surface area contributed by atoms with E-state index in [1.165, 1.54) is 14.2 Å². The third-order valence-electron chi connectivity index (χ3n) is 3.90. The number of ether oxygens (including phenoxy) is 1. The second-order valence-electron chi connectivity index (χ2n) is 5.89. The van der Waals surface area contributed by atoms with Crippen molar-refractivity contribution in [3.8, 4) is 0 Å². The highest BCUT2D eigenvalue weighted by molar-refractivity contribution is 7.15. The van der Waals surface area contributed by atoms with Gasteiger partial charge in [-0.05, 0) is 54.1 Å². The smallest absolute Gasteiger partial charge is 0.337 e. The van der Waals surface area contributed by atoms with Crippen molar-refractivity contribution in [1.29, 1.82) is 0 Å². The van der Waals surface area contributed by atoms with Crippen molar-refractivity contribution in [2.45, 2.75) is 6.61 Å². The van der Waals surface area contributed by atoms with Gasteiger partial charge in [0.1, 0.15) is 6.61 Å². The summed E-state index contributed by atoms with van der Waals surface area (Å²) in [6, 6.07) is 18.7. The van der Waals surface area contributed by atoms with E-state index in [-0.39, 0.29) is 5.97 Å². The van der Waals surface area contributed by atoms with Crippen LogP contribution in [0.5, 0.6) is 0 Å². The van der Waals surface area contributed by atoms with Gasteiger partial charge in [0.05, 0.1) is 31.2 Å². The minimum Gasteiger partial charge on any atom is -0.465 e. The lowest BCUT2D eigenvalue weighted by molar-refractivity contribution is -0.282. The Morgan fingerprint density at radius 2 is 1.41 bits per heavy atom. The third-order valence-corrected chi connectivity index (χ3v) is 4.85. The quantitative estimate of drug-likeness (QED) is 0.225. The van der Waals surface area contributed by atoms with E-state index in [9.17, 15) is 4.79 Å². The summed E-state index contributed by atoms with van der Waals surface area (Å²) >= 11 is 1.59. The summed E-state index contributed by atoms with van der Waals surface area (Å²) in [7, 11) is 2.85. The molecule has 1 aromatic heterocycles. The van der Waals surface area contributed by atoms with Crippen LogP contribution < -0.4 is 0 Å². The Bertz CT molecular complexity index is 992. The molecule has 3 aromatic rings. The highest BCUT2D eigenvalue weighted by Crippen LogP contribution is 2.19. The van der Waals surface area contributed by atoms with E-state index in [1.54, 1.807) is 41.8 Å². The van der Waals surface area contributed by atoms with Crippen molar-refractivity contribution in [1.82, 2.24) is 0 Å². The van der Waals surface area contributed by atoms with E-state index in [0.29, 0.717) is 12.2 Å². The zero-order valence-corrected chi connectivity index (χ0v) is 16.9. The molecule has 7 heteroatoms. The number of benzene rings is 2. The van der Waals surface area contributed by atoms with Gasteiger partial charge in [-0.1, -0.05) is 12.1 Å². The molecule has 2 aromatic carbocycles. The fourth-order valence-corrected chi connectivity index (χ4v) is 3.15. The summed E-state index contributed by atoms with van der Waals surface area (Å²) in [5.41, 5.74) is 3.14. The Morgan fingerprint density at radius 1 is 0.862 bits per heavy atom. The Morgan fingerprint density at radius 3 is 1.93 bits per heavy atom. The maximum atomic E-state index is 11.4. The number of carbonyl (C=O) groups is 1. The lowest BCUT2D eigenvalue weighted by Gasteiger charge is -2.00. The molecule has 0 radical (unpaired) electrons. The first-order chi connectivity index (χ1) is 14.2. The Balaban J connectivity index is 1.59. The summed E-state index contributed by atoms with van der Waals surface area (Å²) in [6.07, 6.45) is 3.62.